The number of nitrogens with one attached hydrogen (secondary N) is 3. The Labute approximate surface area is 197 Å². The molecular formula is C18H23ClIN5O4S. The summed E-state index contributed by atoms with van der Waals surface area (Å²) in [6, 6.07) is 12.2. The molecule has 12 heteroatoms. The molecule has 2 aromatic rings. The molecule has 9 nitrogen and oxygen atoms in total. The summed E-state index contributed by atoms with van der Waals surface area (Å²) in [6.45, 7) is 3.36. The monoisotopic (exact) mass is 567 g/mol. The van der Waals surface area contributed by atoms with Crippen LogP contribution in [-0.2, 0) is 16.6 Å². The highest BCUT2D eigenvalue weighted by molar-refractivity contribution is 14.0. The van der Waals surface area contributed by atoms with E-state index in [2.05, 4.69) is 20.3 Å². The third kappa shape index (κ3) is 8.42. The molecule has 2 rings (SSSR count). The molecular weight excluding hydrogens is 545 g/mol. The van der Waals surface area contributed by atoms with Gasteiger partial charge >= 0.3 is 0 Å². The van der Waals surface area contributed by atoms with E-state index in [1.165, 1.54) is 18.2 Å². The first kappa shape index (κ1) is 26.1. The van der Waals surface area contributed by atoms with E-state index in [-0.39, 0.29) is 47.6 Å². The zero-order valence-corrected chi connectivity index (χ0v) is 20.1. The van der Waals surface area contributed by atoms with E-state index in [0.29, 0.717) is 24.1 Å². The van der Waals surface area contributed by atoms with Gasteiger partial charge in [-0.15, -0.1) is 24.0 Å². The molecule has 0 aliphatic carbocycles. The summed E-state index contributed by atoms with van der Waals surface area (Å²) in [5.41, 5.74) is 0.702. The number of nitrogens with zero attached hydrogens (tertiary/aromatic N) is 2. The van der Waals surface area contributed by atoms with Gasteiger partial charge in [-0.2, -0.15) is 0 Å². The number of hydrogen-bond donors (Lipinski definition) is 3. The largest absolute Gasteiger partial charge is 0.357 e. The maximum Gasteiger partial charge on any atom is 0.270 e. The molecule has 0 bridgehead atoms. The van der Waals surface area contributed by atoms with Gasteiger partial charge < -0.3 is 10.6 Å². The van der Waals surface area contributed by atoms with Crippen LogP contribution in [0.15, 0.2) is 58.4 Å². The molecule has 0 heterocycles. The van der Waals surface area contributed by atoms with Crippen molar-refractivity contribution in [2.45, 2.75) is 18.4 Å². The molecule has 2 aromatic carbocycles. The van der Waals surface area contributed by atoms with Crippen LogP contribution in [0.3, 0.4) is 0 Å². The zero-order valence-electron chi connectivity index (χ0n) is 16.2. The van der Waals surface area contributed by atoms with Gasteiger partial charge in [0.25, 0.3) is 5.69 Å². The number of halogens is 2. The highest BCUT2D eigenvalue weighted by Gasteiger charge is 2.17. The lowest BCUT2D eigenvalue weighted by molar-refractivity contribution is -0.385. The van der Waals surface area contributed by atoms with Crippen molar-refractivity contribution in [1.29, 1.82) is 0 Å². The van der Waals surface area contributed by atoms with Crippen LogP contribution in [0.4, 0.5) is 5.69 Å². The second-order valence-electron chi connectivity index (χ2n) is 5.90. The number of benzene rings is 2. The summed E-state index contributed by atoms with van der Waals surface area (Å²) in [5, 5.41) is 17.6. The first-order chi connectivity index (χ1) is 13.8. The summed E-state index contributed by atoms with van der Waals surface area (Å²) in [5.74, 6) is 0.539. The summed E-state index contributed by atoms with van der Waals surface area (Å²) < 4.78 is 27.0. The average Bonchev–Trinajstić information content (AvgIpc) is 2.70. The molecule has 0 unspecified atom stereocenters. The molecule has 3 N–H and O–H groups in total. The standard InChI is InChI=1S/C18H22ClN5O4S.HI/c1-2-20-18(22-13-14-6-8-15(19)9-7-14)21-10-11-23-29(27,28)17-5-3-4-16(12-17)24(25)26;/h3-9,12,23H,2,10-11,13H2,1H3,(H2,20,21,22);1H. The van der Waals surface area contributed by atoms with Crippen molar-refractivity contribution < 1.29 is 13.3 Å². The first-order valence-electron chi connectivity index (χ1n) is 8.82. The fourth-order valence-corrected chi connectivity index (χ4v) is 3.51. The van der Waals surface area contributed by atoms with Crippen LogP contribution in [0.5, 0.6) is 0 Å². The van der Waals surface area contributed by atoms with Crippen molar-refractivity contribution in [3.8, 4) is 0 Å². The summed E-state index contributed by atoms with van der Waals surface area (Å²) in [6.07, 6.45) is 0. The van der Waals surface area contributed by atoms with Crippen LogP contribution in [0.1, 0.15) is 12.5 Å². The van der Waals surface area contributed by atoms with E-state index in [9.17, 15) is 18.5 Å². The van der Waals surface area contributed by atoms with E-state index in [0.717, 1.165) is 11.6 Å². The first-order valence-corrected chi connectivity index (χ1v) is 10.7. The van der Waals surface area contributed by atoms with Crippen LogP contribution >= 0.6 is 35.6 Å². The van der Waals surface area contributed by atoms with Gasteiger partial charge in [0, 0.05) is 36.8 Å². The number of nitro benzene ring substituents is 1. The Kier molecular flexibility index (Phi) is 11.0. The quantitative estimate of drug-likeness (QED) is 0.107. The van der Waals surface area contributed by atoms with Crippen molar-refractivity contribution in [2.24, 2.45) is 4.99 Å². The van der Waals surface area contributed by atoms with E-state index in [1.54, 1.807) is 12.1 Å². The van der Waals surface area contributed by atoms with E-state index >= 15 is 0 Å². The smallest absolute Gasteiger partial charge is 0.270 e. The number of hydrogen-bond acceptors (Lipinski definition) is 5. The number of aliphatic imine (C=N–C) groups is 1. The Hall–Kier alpha value is -1.96. The maximum atomic E-state index is 12.3. The lowest BCUT2D eigenvalue weighted by Crippen LogP contribution is -2.41. The van der Waals surface area contributed by atoms with Gasteiger partial charge in [0.05, 0.1) is 16.4 Å². The molecule has 0 atom stereocenters. The molecule has 0 amide bonds. The van der Waals surface area contributed by atoms with Crippen molar-refractivity contribution in [3.05, 3.63) is 69.2 Å². The summed E-state index contributed by atoms with van der Waals surface area (Å²) in [4.78, 5) is 14.5. The summed E-state index contributed by atoms with van der Waals surface area (Å²) in [7, 11) is -3.85. The Bertz CT molecular complexity index is 971. The van der Waals surface area contributed by atoms with E-state index in [1.807, 2.05) is 19.1 Å². The lowest BCUT2D eigenvalue weighted by atomic mass is 10.2. The average molecular weight is 568 g/mol. The van der Waals surface area contributed by atoms with Crippen LogP contribution in [0, 0.1) is 10.1 Å². The predicted octanol–water partition coefficient (Wildman–Crippen LogP) is 2.90. The van der Waals surface area contributed by atoms with Crippen LogP contribution in [0.2, 0.25) is 5.02 Å². The number of sulfonamides is 1. The number of rotatable bonds is 9. The van der Waals surface area contributed by atoms with Crippen molar-refractivity contribution in [3.63, 3.8) is 0 Å². The van der Waals surface area contributed by atoms with Gasteiger partial charge in [0.1, 0.15) is 0 Å². The van der Waals surface area contributed by atoms with Crippen molar-refractivity contribution in [1.82, 2.24) is 15.4 Å². The number of nitro groups is 1. The van der Waals surface area contributed by atoms with Gasteiger partial charge in [-0.05, 0) is 30.7 Å². The molecule has 30 heavy (non-hydrogen) atoms. The van der Waals surface area contributed by atoms with Gasteiger partial charge in [0.2, 0.25) is 10.0 Å². The number of non-ortho nitro benzene ring substituents is 1. The Balaban J connectivity index is 0.00000450. The lowest BCUT2D eigenvalue weighted by Gasteiger charge is -2.12. The molecule has 0 fully saturated rings. The second-order valence-corrected chi connectivity index (χ2v) is 8.10. The van der Waals surface area contributed by atoms with Gasteiger partial charge in [-0.1, -0.05) is 29.8 Å². The molecule has 0 aliphatic heterocycles. The van der Waals surface area contributed by atoms with Crippen molar-refractivity contribution in [2.75, 3.05) is 19.6 Å². The van der Waals surface area contributed by atoms with Crippen LogP contribution < -0.4 is 15.4 Å². The zero-order chi connectivity index (χ0) is 21.3. The molecule has 164 valence electrons. The minimum atomic E-state index is -3.85. The van der Waals surface area contributed by atoms with E-state index < -0.39 is 14.9 Å². The SMILES string of the molecule is CCNC(=NCc1ccc(Cl)cc1)NCCNS(=O)(=O)c1cccc([N+](=O)[O-])c1.I. The van der Waals surface area contributed by atoms with Gasteiger partial charge in [0.15, 0.2) is 5.96 Å². The topological polar surface area (TPSA) is 126 Å². The molecule has 0 aliphatic rings. The third-order valence-corrected chi connectivity index (χ3v) is 5.44. The minimum Gasteiger partial charge on any atom is -0.357 e. The Morgan fingerprint density at radius 2 is 1.83 bits per heavy atom. The molecule has 0 saturated carbocycles. The second kappa shape index (κ2) is 12.7. The van der Waals surface area contributed by atoms with Crippen molar-refractivity contribution >= 4 is 57.2 Å². The van der Waals surface area contributed by atoms with Gasteiger partial charge in [-0.25, -0.2) is 18.1 Å². The normalized spacial score (nSPS) is 11.5. The molecule has 0 saturated heterocycles. The fourth-order valence-electron chi connectivity index (χ4n) is 2.32. The fraction of sp³-hybridized carbons (Fsp3) is 0.278. The van der Waals surface area contributed by atoms with E-state index in [4.69, 9.17) is 11.6 Å². The highest BCUT2D eigenvalue weighted by atomic mass is 127. The predicted molar refractivity (Wildman–Crippen MR) is 128 cm³/mol. The van der Waals surface area contributed by atoms with Gasteiger partial charge in [-0.3, -0.25) is 10.1 Å². The van der Waals surface area contributed by atoms with Crippen LogP contribution in [-0.4, -0.2) is 38.9 Å². The minimum absolute atomic E-state index is 0. The molecule has 0 spiro atoms. The summed E-state index contributed by atoms with van der Waals surface area (Å²) >= 11 is 5.86. The molecule has 0 radical (unpaired) electrons. The van der Waals surface area contributed by atoms with Crippen LogP contribution in [0.25, 0.3) is 0 Å². The molecule has 0 aromatic heterocycles. The third-order valence-electron chi connectivity index (χ3n) is 3.73. The Morgan fingerprint density at radius 1 is 1.13 bits per heavy atom. The number of guanidine groups is 1. The maximum absolute atomic E-state index is 12.3. The Morgan fingerprint density at radius 3 is 2.47 bits per heavy atom. The highest BCUT2D eigenvalue weighted by Crippen LogP contribution is 2.16.